The molecule has 0 aromatic heterocycles. The van der Waals surface area contributed by atoms with Crippen molar-refractivity contribution >= 4 is 5.91 Å². The van der Waals surface area contributed by atoms with Crippen molar-refractivity contribution in [3.63, 3.8) is 0 Å². The minimum atomic E-state index is -1.98. The maximum absolute atomic E-state index is 13.1. The monoisotopic (exact) mass is 908 g/mol. The fourth-order valence-electron chi connectivity index (χ4n) is 7.64. The fourth-order valence-corrected chi connectivity index (χ4v) is 7.64. The molecule has 63 heavy (non-hydrogen) atoms. The smallest absolute Gasteiger partial charge is 0.220 e. The molecule has 0 bridgehead atoms. The number of hydrogen-bond acceptors (Lipinski definition) is 18. The highest BCUT2D eigenvalue weighted by molar-refractivity contribution is 5.76. The van der Waals surface area contributed by atoms with Gasteiger partial charge in [-0.25, -0.2) is 0 Å². The number of allylic oxidation sites excluding steroid dienone is 5. The number of amides is 1. The van der Waals surface area contributed by atoms with Crippen LogP contribution in [0.5, 0.6) is 0 Å². The van der Waals surface area contributed by atoms with E-state index in [2.05, 4.69) is 30.5 Å². The van der Waals surface area contributed by atoms with E-state index >= 15 is 0 Å². The van der Waals surface area contributed by atoms with E-state index in [4.69, 9.17) is 28.4 Å². The zero-order valence-corrected chi connectivity index (χ0v) is 36.8. The van der Waals surface area contributed by atoms with Gasteiger partial charge < -0.3 is 89.9 Å². The van der Waals surface area contributed by atoms with Crippen LogP contribution in [0.15, 0.2) is 36.5 Å². The van der Waals surface area contributed by atoms with Crippen LogP contribution in [0.3, 0.4) is 0 Å². The molecule has 3 rings (SSSR count). The molecule has 366 valence electrons. The Morgan fingerprint density at radius 3 is 1.59 bits per heavy atom. The summed E-state index contributed by atoms with van der Waals surface area (Å²) in [5, 5.41) is 119. The van der Waals surface area contributed by atoms with E-state index < -0.39 is 124 Å². The van der Waals surface area contributed by atoms with Crippen molar-refractivity contribution in [3.05, 3.63) is 36.5 Å². The maximum Gasteiger partial charge on any atom is 0.220 e. The maximum atomic E-state index is 13.1. The Hall–Kier alpha value is -1.99. The van der Waals surface area contributed by atoms with E-state index in [9.17, 15) is 61.0 Å². The summed E-state index contributed by atoms with van der Waals surface area (Å²) < 4.78 is 33.9. The Morgan fingerprint density at radius 2 is 1.05 bits per heavy atom. The molecule has 0 aromatic rings. The third-order valence-electron chi connectivity index (χ3n) is 11.5. The van der Waals surface area contributed by atoms with Gasteiger partial charge >= 0.3 is 0 Å². The third kappa shape index (κ3) is 17.6. The van der Waals surface area contributed by atoms with Gasteiger partial charge in [-0.15, -0.1) is 0 Å². The van der Waals surface area contributed by atoms with Gasteiger partial charge in [0.15, 0.2) is 18.9 Å². The number of carbonyl (C=O) groups excluding carboxylic acids is 1. The highest BCUT2D eigenvalue weighted by Gasteiger charge is 2.53. The molecule has 0 aliphatic carbocycles. The molecule has 12 N–H and O–H groups in total. The van der Waals surface area contributed by atoms with Crippen LogP contribution in [-0.2, 0) is 33.2 Å². The molecule has 3 fully saturated rings. The number of carbonyl (C=O) groups is 1. The van der Waals surface area contributed by atoms with Crippen LogP contribution in [0, 0.1) is 0 Å². The van der Waals surface area contributed by atoms with Gasteiger partial charge in [0.1, 0.15) is 73.2 Å². The summed E-state index contributed by atoms with van der Waals surface area (Å²) >= 11 is 0. The van der Waals surface area contributed by atoms with Crippen LogP contribution in [-0.4, -0.2) is 193 Å². The van der Waals surface area contributed by atoms with Crippen molar-refractivity contribution in [1.29, 1.82) is 0 Å². The molecule has 0 spiro atoms. The molecule has 0 radical (unpaired) electrons. The Balaban J connectivity index is 1.62. The van der Waals surface area contributed by atoms with Gasteiger partial charge in [-0.1, -0.05) is 94.7 Å². The van der Waals surface area contributed by atoms with E-state index in [0.29, 0.717) is 12.8 Å². The van der Waals surface area contributed by atoms with Crippen molar-refractivity contribution in [1.82, 2.24) is 5.32 Å². The lowest BCUT2D eigenvalue weighted by Gasteiger charge is -2.48. The highest BCUT2D eigenvalue weighted by atomic mass is 16.8. The Bertz CT molecular complexity index is 1320. The van der Waals surface area contributed by atoms with Crippen molar-refractivity contribution < 1.29 is 89.4 Å². The van der Waals surface area contributed by atoms with Crippen LogP contribution < -0.4 is 5.32 Å². The SMILES string of the molecule is C/C=C/CC/C=C/CC/C=C/C(O)C(COC1OC(CO)C(OC2OC(CO)C(OC3OC(CO)C(O)C(O)C3O)C(O)C2O)C(O)C1O)NC(=O)CCCCCCCCCCC. The zero-order chi connectivity index (χ0) is 46.3. The second kappa shape index (κ2) is 30.3. The number of hydrogen-bond donors (Lipinski definition) is 12. The second-order valence-electron chi connectivity index (χ2n) is 16.5. The predicted octanol–water partition coefficient (Wildman–Crippen LogP) is -0.533. The van der Waals surface area contributed by atoms with Crippen LogP contribution in [0.4, 0.5) is 0 Å². The van der Waals surface area contributed by atoms with Gasteiger partial charge in [-0.05, 0) is 39.0 Å². The summed E-state index contributed by atoms with van der Waals surface area (Å²) in [6, 6.07) is -0.987. The first kappa shape index (κ1) is 55.3. The lowest BCUT2D eigenvalue weighted by Crippen LogP contribution is -2.66. The fraction of sp³-hybridized carbons (Fsp3) is 0.841. The first-order valence-corrected chi connectivity index (χ1v) is 22.7. The largest absolute Gasteiger partial charge is 0.394 e. The van der Waals surface area contributed by atoms with Crippen molar-refractivity contribution in [2.24, 2.45) is 0 Å². The first-order valence-electron chi connectivity index (χ1n) is 22.7. The number of nitrogens with one attached hydrogen (secondary N) is 1. The minimum absolute atomic E-state index is 0.231. The number of ether oxygens (including phenoxy) is 6. The van der Waals surface area contributed by atoms with E-state index in [1.807, 2.05) is 13.0 Å². The molecule has 0 saturated carbocycles. The zero-order valence-electron chi connectivity index (χ0n) is 36.8. The molecular formula is C44H77NO18. The topological polar surface area (TPSA) is 307 Å². The summed E-state index contributed by atoms with van der Waals surface area (Å²) in [6.45, 7) is 1.35. The summed E-state index contributed by atoms with van der Waals surface area (Å²) in [7, 11) is 0. The highest BCUT2D eigenvalue weighted by Crippen LogP contribution is 2.33. The van der Waals surface area contributed by atoms with Gasteiger partial charge in [0.25, 0.3) is 0 Å². The standard InChI is InChI=1S/C44H77NO18/c1-3-5-7-9-11-13-15-17-19-21-28(49)27(45-32(50)22-20-18-16-14-12-10-8-6-4-2)26-58-42-38(56)35(53)40(30(24-47)60-42)63-44-39(57)36(54)41(31(25-48)61-44)62-43-37(55)34(52)33(51)29(23-46)59-43/h3,5,11,13,19,21,27-31,33-44,46-49,51-57H,4,6-10,12,14-18,20,22-26H2,1-2H3,(H,45,50)/b5-3+,13-11+,21-19+. The third-order valence-corrected chi connectivity index (χ3v) is 11.5. The van der Waals surface area contributed by atoms with Crippen LogP contribution in [0.1, 0.15) is 104 Å². The van der Waals surface area contributed by atoms with E-state index in [1.165, 1.54) is 32.1 Å². The Labute approximate surface area is 370 Å². The number of unbranched alkanes of at least 4 members (excludes halogenated alkanes) is 10. The lowest BCUT2D eigenvalue weighted by atomic mass is 9.96. The van der Waals surface area contributed by atoms with Gasteiger partial charge in [0.05, 0.1) is 38.6 Å². The summed E-state index contributed by atoms with van der Waals surface area (Å²) in [6.07, 6.45) is -2.09. The molecule has 19 nitrogen and oxygen atoms in total. The van der Waals surface area contributed by atoms with Gasteiger partial charge in [0.2, 0.25) is 5.91 Å². The summed E-state index contributed by atoms with van der Waals surface area (Å²) in [5.41, 5.74) is 0. The van der Waals surface area contributed by atoms with Crippen molar-refractivity contribution in [2.45, 2.75) is 208 Å². The van der Waals surface area contributed by atoms with Crippen molar-refractivity contribution in [3.8, 4) is 0 Å². The van der Waals surface area contributed by atoms with Crippen LogP contribution in [0.2, 0.25) is 0 Å². The molecule has 1 amide bonds. The molecule has 3 aliphatic rings. The van der Waals surface area contributed by atoms with Crippen molar-refractivity contribution in [2.75, 3.05) is 26.4 Å². The lowest BCUT2D eigenvalue weighted by molar-refractivity contribution is -0.379. The minimum Gasteiger partial charge on any atom is -0.394 e. The molecule has 3 aliphatic heterocycles. The average molecular weight is 908 g/mol. The summed E-state index contributed by atoms with van der Waals surface area (Å²) in [5.74, 6) is -0.301. The summed E-state index contributed by atoms with van der Waals surface area (Å²) in [4.78, 5) is 13.1. The molecule has 0 aromatic carbocycles. The number of aliphatic hydroxyl groups is 11. The van der Waals surface area contributed by atoms with Crippen LogP contribution >= 0.6 is 0 Å². The molecule has 3 saturated heterocycles. The molecular weight excluding hydrogens is 830 g/mol. The van der Waals surface area contributed by atoms with Crippen LogP contribution in [0.25, 0.3) is 0 Å². The molecule has 17 unspecified atom stereocenters. The van der Waals surface area contributed by atoms with Gasteiger partial charge in [-0.2, -0.15) is 0 Å². The first-order chi connectivity index (χ1) is 30.3. The normalized spacial score (nSPS) is 35.2. The van der Waals surface area contributed by atoms with E-state index in [0.717, 1.165) is 38.5 Å². The Kier molecular flexibility index (Phi) is 26.6. The predicted molar refractivity (Wildman–Crippen MR) is 226 cm³/mol. The average Bonchev–Trinajstić information content (AvgIpc) is 3.28. The quantitative estimate of drug-likeness (QED) is 0.0332. The van der Waals surface area contributed by atoms with Gasteiger partial charge in [-0.3, -0.25) is 4.79 Å². The van der Waals surface area contributed by atoms with E-state index in [1.54, 1.807) is 12.2 Å². The Morgan fingerprint density at radius 1 is 0.587 bits per heavy atom. The second-order valence-corrected chi connectivity index (χ2v) is 16.5. The van der Waals surface area contributed by atoms with Gasteiger partial charge in [0, 0.05) is 6.42 Å². The number of rotatable bonds is 29. The van der Waals surface area contributed by atoms with E-state index in [-0.39, 0.29) is 18.9 Å². The molecule has 17 atom stereocenters. The molecule has 3 heterocycles. The molecule has 19 heteroatoms. The number of aliphatic hydroxyl groups excluding tert-OH is 11.